The molecule has 0 bridgehead atoms. The van der Waals surface area contributed by atoms with Gasteiger partial charge in [0.15, 0.2) is 0 Å². The highest BCUT2D eigenvalue weighted by molar-refractivity contribution is 5.95. The molecule has 0 fully saturated rings. The third kappa shape index (κ3) is 3.09. The van der Waals surface area contributed by atoms with Gasteiger partial charge in [-0.05, 0) is 26.3 Å². The van der Waals surface area contributed by atoms with Gasteiger partial charge in [0.25, 0.3) is 5.91 Å². The van der Waals surface area contributed by atoms with Gasteiger partial charge in [0, 0.05) is 12.6 Å². The topological polar surface area (TPSA) is 63.5 Å². The molecule has 20 heavy (non-hydrogen) atoms. The van der Waals surface area contributed by atoms with E-state index < -0.39 is 33.7 Å². The Morgan fingerprint density at radius 3 is 2.40 bits per heavy atom. The molecule has 0 radical (unpaired) electrons. The third-order valence-electron chi connectivity index (χ3n) is 3.19. The smallest absolute Gasteiger partial charge is 0.307 e. The molecule has 1 rings (SSSR count). The first-order chi connectivity index (χ1) is 9.33. The van der Waals surface area contributed by atoms with Gasteiger partial charge in [0.2, 0.25) is 5.82 Å². The van der Waals surface area contributed by atoms with E-state index in [0.717, 1.165) is 0 Å². The average molecular weight is 286 g/mol. The molecule has 0 saturated carbocycles. The second-order valence-electron chi connectivity index (χ2n) is 4.39. The molecule has 0 saturated heterocycles. The molecule has 1 atom stereocenters. The van der Waals surface area contributed by atoms with Crippen LogP contribution in [0.4, 0.5) is 14.5 Å². The molecule has 1 amide bonds. The van der Waals surface area contributed by atoms with Crippen molar-refractivity contribution in [2.75, 3.05) is 6.54 Å². The van der Waals surface area contributed by atoms with E-state index in [1.165, 1.54) is 4.90 Å². The minimum Gasteiger partial charge on any atom is -0.336 e. The molecular weight excluding hydrogens is 270 g/mol. The van der Waals surface area contributed by atoms with Gasteiger partial charge in [-0.3, -0.25) is 14.9 Å². The van der Waals surface area contributed by atoms with Gasteiger partial charge in [0.05, 0.1) is 16.6 Å². The van der Waals surface area contributed by atoms with Crippen LogP contribution in [0.15, 0.2) is 12.1 Å². The maximum absolute atomic E-state index is 13.8. The zero-order valence-corrected chi connectivity index (χ0v) is 11.5. The van der Waals surface area contributed by atoms with Gasteiger partial charge in [0.1, 0.15) is 5.82 Å². The van der Waals surface area contributed by atoms with E-state index in [4.69, 9.17) is 0 Å². The van der Waals surface area contributed by atoms with E-state index in [-0.39, 0.29) is 6.04 Å². The number of carbonyl (C=O) groups is 1. The molecule has 0 aliphatic heterocycles. The van der Waals surface area contributed by atoms with E-state index in [9.17, 15) is 23.7 Å². The number of hydrogen-bond acceptors (Lipinski definition) is 3. The Kier molecular flexibility index (Phi) is 5.12. The highest BCUT2D eigenvalue weighted by atomic mass is 19.1. The molecule has 5 nitrogen and oxygen atoms in total. The average Bonchev–Trinajstić information content (AvgIpc) is 2.40. The largest absolute Gasteiger partial charge is 0.336 e. The van der Waals surface area contributed by atoms with Crippen LogP contribution in [0.3, 0.4) is 0 Å². The predicted octanol–water partition coefficient (Wildman–Crippen LogP) is 3.13. The number of hydrogen-bond donors (Lipinski definition) is 0. The molecule has 0 N–H and O–H groups in total. The Morgan fingerprint density at radius 1 is 1.35 bits per heavy atom. The first-order valence-corrected chi connectivity index (χ1v) is 6.27. The number of nitro benzene ring substituents is 1. The summed E-state index contributed by atoms with van der Waals surface area (Å²) in [6.07, 6.45) is 0.663. The lowest BCUT2D eigenvalue weighted by Gasteiger charge is -2.27. The fourth-order valence-electron chi connectivity index (χ4n) is 1.87. The number of carbonyl (C=O) groups excluding carboxylic acids is 1. The Balaban J connectivity index is 3.23. The second-order valence-corrected chi connectivity index (χ2v) is 4.39. The summed E-state index contributed by atoms with van der Waals surface area (Å²) in [6.45, 7) is 5.73. The van der Waals surface area contributed by atoms with Gasteiger partial charge >= 0.3 is 5.69 Å². The van der Waals surface area contributed by atoms with Crippen LogP contribution >= 0.6 is 0 Å². The summed E-state index contributed by atoms with van der Waals surface area (Å²) in [5.74, 6) is -2.99. The summed E-state index contributed by atoms with van der Waals surface area (Å²) < 4.78 is 27.3. The summed E-state index contributed by atoms with van der Waals surface area (Å²) in [6, 6.07) is 0.888. The van der Waals surface area contributed by atoms with E-state index in [0.29, 0.717) is 25.1 Å². The van der Waals surface area contributed by atoms with Crippen molar-refractivity contribution in [3.05, 3.63) is 39.4 Å². The van der Waals surface area contributed by atoms with Crippen LogP contribution in [-0.4, -0.2) is 28.3 Å². The first-order valence-electron chi connectivity index (χ1n) is 6.27. The summed E-state index contributed by atoms with van der Waals surface area (Å²) in [5.41, 5.74) is -1.47. The fourth-order valence-corrected chi connectivity index (χ4v) is 1.87. The van der Waals surface area contributed by atoms with Gasteiger partial charge in [-0.15, -0.1) is 0 Å². The molecule has 0 aromatic heterocycles. The molecule has 110 valence electrons. The Morgan fingerprint density at radius 2 is 1.95 bits per heavy atom. The van der Waals surface area contributed by atoms with Crippen LogP contribution in [0, 0.1) is 21.7 Å². The van der Waals surface area contributed by atoms with Crippen molar-refractivity contribution < 1.29 is 18.5 Å². The van der Waals surface area contributed by atoms with Crippen LogP contribution < -0.4 is 0 Å². The number of nitrogens with zero attached hydrogens (tertiary/aromatic N) is 2. The minimum absolute atomic E-state index is 0.134. The van der Waals surface area contributed by atoms with E-state index >= 15 is 0 Å². The maximum atomic E-state index is 13.8. The SMILES string of the molecule is CCC(C)N(CC)C(=O)c1cc(F)c([N+](=O)[O-])cc1F. The van der Waals surface area contributed by atoms with Gasteiger partial charge < -0.3 is 4.90 Å². The Labute approximate surface area is 115 Å². The van der Waals surface area contributed by atoms with E-state index in [1.807, 2.05) is 6.92 Å². The third-order valence-corrected chi connectivity index (χ3v) is 3.19. The number of amides is 1. The lowest BCUT2D eigenvalue weighted by molar-refractivity contribution is -0.387. The molecule has 0 spiro atoms. The maximum Gasteiger partial charge on any atom is 0.307 e. The zero-order valence-electron chi connectivity index (χ0n) is 11.5. The monoisotopic (exact) mass is 286 g/mol. The summed E-state index contributed by atoms with van der Waals surface area (Å²) in [4.78, 5) is 23.0. The summed E-state index contributed by atoms with van der Waals surface area (Å²) >= 11 is 0. The highest BCUT2D eigenvalue weighted by Gasteiger charge is 2.26. The zero-order chi connectivity index (χ0) is 15.4. The number of benzene rings is 1. The lowest BCUT2D eigenvalue weighted by Crippen LogP contribution is -2.38. The van der Waals surface area contributed by atoms with Crippen molar-refractivity contribution in [1.82, 2.24) is 4.90 Å². The Hall–Kier alpha value is -2.05. The summed E-state index contributed by atoms with van der Waals surface area (Å²) in [7, 11) is 0. The van der Waals surface area contributed by atoms with Crippen molar-refractivity contribution in [1.29, 1.82) is 0 Å². The fraction of sp³-hybridized carbons (Fsp3) is 0.462. The number of halogens is 2. The van der Waals surface area contributed by atoms with Crippen LogP contribution in [-0.2, 0) is 0 Å². The lowest BCUT2D eigenvalue weighted by atomic mass is 10.1. The van der Waals surface area contributed by atoms with E-state index in [1.54, 1.807) is 13.8 Å². The highest BCUT2D eigenvalue weighted by Crippen LogP contribution is 2.23. The van der Waals surface area contributed by atoms with Gasteiger partial charge in [-0.2, -0.15) is 4.39 Å². The van der Waals surface area contributed by atoms with Crippen LogP contribution in [0.5, 0.6) is 0 Å². The molecule has 1 aromatic carbocycles. The number of nitro groups is 1. The van der Waals surface area contributed by atoms with Crippen LogP contribution in [0.1, 0.15) is 37.6 Å². The van der Waals surface area contributed by atoms with Crippen molar-refractivity contribution in [3.8, 4) is 0 Å². The second kappa shape index (κ2) is 6.40. The molecule has 0 aliphatic rings. The van der Waals surface area contributed by atoms with Gasteiger partial charge in [-0.25, -0.2) is 4.39 Å². The molecule has 1 aromatic rings. The van der Waals surface area contributed by atoms with Crippen LogP contribution in [0.2, 0.25) is 0 Å². The minimum atomic E-state index is -1.22. The van der Waals surface area contributed by atoms with Crippen molar-refractivity contribution in [3.63, 3.8) is 0 Å². The molecule has 0 aliphatic carbocycles. The number of rotatable bonds is 5. The van der Waals surface area contributed by atoms with Crippen molar-refractivity contribution in [2.24, 2.45) is 0 Å². The first kappa shape index (κ1) is 16.0. The van der Waals surface area contributed by atoms with Gasteiger partial charge in [-0.1, -0.05) is 6.92 Å². The van der Waals surface area contributed by atoms with E-state index in [2.05, 4.69) is 0 Å². The molecule has 1 unspecified atom stereocenters. The quantitative estimate of drug-likeness (QED) is 0.617. The van der Waals surface area contributed by atoms with Crippen molar-refractivity contribution >= 4 is 11.6 Å². The Bertz CT molecular complexity index is 535. The molecule has 7 heteroatoms. The molecule has 0 heterocycles. The predicted molar refractivity (Wildman–Crippen MR) is 69.5 cm³/mol. The normalized spacial score (nSPS) is 12.1. The van der Waals surface area contributed by atoms with Crippen molar-refractivity contribution in [2.45, 2.75) is 33.2 Å². The molecular formula is C13H16F2N2O3. The standard InChI is InChI=1S/C13H16F2N2O3/c1-4-8(3)16(5-2)13(18)9-6-11(15)12(17(19)20)7-10(9)14/h6-8H,4-5H2,1-3H3. The van der Waals surface area contributed by atoms with Crippen LogP contribution in [0.25, 0.3) is 0 Å². The summed E-state index contributed by atoms with van der Waals surface area (Å²) in [5, 5.41) is 10.5.